The zero-order chi connectivity index (χ0) is 24.1. The molecule has 184 valence electrons. The van der Waals surface area contributed by atoms with E-state index in [1.54, 1.807) is 20.1 Å². The average Bonchev–Trinajstić information content (AvgIpc) is 3.11. The minimum absolute atomic E-state index is 0.00273. The molecular formula is C26H34N2O5S. The molecule has 0 unspecified atom stereocenters. The normalized spacial score (nSPS) is 28.6. The second-order valence-corrected chi connectivity index (χ2v) is 12.9. The van der Waals surface area contributed by atoms with Gasteiger partial charge in [-0.15, -0.1) is 0 Å². The van der Waals surface area contributed by atoms with Crippen LogP contribution in [0.4, 0.5) is 0 Å². The van der Waals surface area contributed by atoms with Crippen LogP contribution < -0.4 is 10.1 Å². The lowest BCUT2D eigenvalue weighted by molar-refractivity contribution is -0.123. The number of sulfone groups is 1. The van der Waals surface area contributed by atoms with E-state index < -0.39 is 21.5 Å². The predicted molar refractivity (Wildman–Crippen MR) is 129 cm³/mol. The quantitative estimate of drug-likeness (QED) is 0.598. The zero-order valence-corrected chi connectivity index (χ0v) is 21.0. The van der Waals surface area contributed by atoms with Crippen LogP contribution in [0.25, 0.3) is 11.5 Å². The first-order chi connectivity index (χ1) is 16.1. The van der Waals surface area contributed by atoms with E-state index in [0.29, 0.717) is 28.7 Å². The molecule has 1 amide bonds. The van der Waals surface area contributed by atoms with Gasteiger partial charge < -0.3 is 14.5 Å². The van der Waals surface area contributed by atoms with Gasteiger partial charge in [-0.2, -0.15) is 0 Å². The first kappa shape index (κ1) is 23.4. The molecule has 8 heteroatoms. The van der Waals surface area contributed by atoms with Gasteiger partial charge in [0.25, 0.3) is 0 Å². The highest BCUT2D eigenvalue weighted by Crippen LogP contribution is 2.61. The summed E-state index contributed by atoms with van der Waals surface area (Å²) in [5.41, 5.74) is 1.18. The standard InChI is InChI=1S/C26H34N2O5S/c1-16-23(28-25(33-16)21-5-4-6-22(10-21)32-3)14-34(30,31)15-24(29)27-17(2)26-11-18-7-19(12-26)9-20(8-18)13-26/h4-6,10,17-20H,7-9,11-15H2,1-3H3,(H,27,29)/t17-,18?,19?,20?,26?/m1/s1. The van der Waals surface area contributed by atoms with E-state index >= 15 is 0 Å². The number of hydrogen-bond donors (Lipinski definition) is 1. The average molecular weight is 487 g/mol. The fourth-order valence-electron chi connectivity index (χ4n) is 7.04. The minimum Gasteiger partial charge on any atom is -0.497 e. The Morgan fingerprint density at radius 2 is 1.85 bits per heavy atom. The number of aryl methyl sites for hydroxylation is 1. The van der Waals surface area contributed by atoms with Gasteiger partial charge in [0.05, 0.1) is 18.6 Å². The van der Waals surface area contributed by atoms with Crippen molar-refractivity contribution in [2.45, 2.75) is 64.2 Å². The Hall–Kier alpha value is -2.35. The highest BCUT2D eigenvalue weighted by Gasteiger charge is 2.53. The van der Waals surface area contributed by atoms with Gasteiger partial charge in [-0.1, -0.05) is 6.07 Å². The Morgan fingerprint density at radius 1 is 1.21 bits per heavy atom. The zero-order valence-electron chi connectivity index (χ0n) is 20.2. The number of benzene rings is 1. The Labute approximate surface area is 201 Å². The summed E-state index contributed by atoms with van der Waals surface area (Å²) >= 11 is 0. The Balaban J connectivity index is 1.23. The van der Waals surface area contributed by atoms with Crippen molar-refractivity contribution in [2.75, 3.05) is 12.9 Å². The molecule has 4 fully saturated rings. The smallest absolute Gasteiger partial charge is 0.235 e. The molecule has 0 spiro atoms. The van der Waals surface area contributed by atoms with Crippen molar-refractivity contribution in [1.82, 2.24) is 10.3 Å². The summed E-state index contributed by atoms with van der Waals surface area (Å²) in [6, 6.07) is 7.23. The number of nitrogens with zero attached hydrogens (tertiary/aromatic N) is 1. The molecule has 1 heterocycles. The second kappa shape index (κ2) is 8.70. The van der Waals surface area contributed by atoms with Gasteiger partial charge in [0.1, 0.15) is 17.3 Å². The molecule has 4 bridgehead atoms. The molecule has 1 atom stereocenters. The minimum atomic E-state index is -3.70. The molecule has 1 aromatic heterocycles. The van der Waals surface area contributed by atoms with Gasteiger partial charge in [-0.05, 0) is 93.7 Å². The van der Waals surface area contributed by atoms with Gasteiger partial charge in [0.2, 0.25) is 11.8 Å². The van der Waals surface area contributed by atoms with Crippen molar-refractivity contribution in [2.24, 2.45) is 23.2 Å². The topological polar surface area (TPSA) is 98.5 Å². The van der Waals surface area contributed by atoms with E-state index in [9.17, 15) is 13.2 Å². The van der Waals surface area contributed by atoms with Crippen molar-refractivity contribution in [1.29, 1.82) is 0 Å². The van der Waals surface area contributed by atoms with Gasteiger partial charge in [0.15, 0.2) is 9.84 Å². The van der Waals surface area contributed by atoms with E-state index in [-0.39, 0.29) is 17.2 Å². The lowest BCUT2D eigenvalue weighted by Crippen LogP contribution is -2.56. The number of carbonyl (C=O) groups excluding carboxylic acids is 1. The Bertz CT molecular complexity index is 1150. The highest BCUT2D eigenvalue weighted by molar-refractivity contribution is 7.91. The van der Waals surface area contributed by atoms with Crippen LogP contribution in [0.1, 0.15) is 56.9 Å². The molecule has 4 saturated carbocycles. The third-order valence-corrected chi connectivity index (χ3v) is 9.71. The molecule has 34 heavy (non-hydrogen) atoms. The highest BCUT2D eigenvalue weighted by atomic mass is 32.2. The maximum Gasteiger partial charge on any atom is 0.235 e. The molecule has 2 aromatic rings. The number of methoxy groups -OCH3 is 1. The first-order valence-corrected chi connectivity index (χ1v) is 14.1. The molecule has 4 aliphatic rings. The summed E-state index contributed by atoms with van der Waals surface area (Å²) in [4.78, 5) is 17.2. The molecular weight excluding hydrogens is 452 g/mol. The number of amides is 1. The van der Waals surface area contributed by atoms with E-state index in [0.717, 1.165) is 17.8 Å². The Kier molecular flexibility index (Phi) is 5.99. The van der Waals surface area contributed by atoms with E-state index in [2.05, 4.69) is 17.2 Å². The monoisotopic (exact) mass is 486 g/mol. The molecule has 6 rings (SSSR count). The molecule has 0 aliphatic heterocycles. The van der Waals surface area contributed by atoms with Crippen LogP contribution in [0, 0.1) is 30.1 Å². The number of carbonyl (C=O) groups is 1. The molecule has 1 N–H and O–H groups in total. The summed E-state index contributed by atoms with van der Waals surface area (Å²) in [6.45, 7) is 3.76. The van der Waals surface area contributed by atoms with E-state index in [1.165, 1.54) is 38.5 Å². The van der Waals surface area contributed by atoms with Crippen LogP contribution in [0.15, 0.2) is 28.7 Å². The van der Waals surface area contributed by atoms with Gasteiger partial charge in [-0.3, -0.25) is 4.79 Å². The number of aromatic nitrogens is 1. The number of hydrogen-bond acceptors (Lipinski definition) is 6. The molecule has 4 aliphatic carbocycles. The van der Waals surface area contributed by atoms with Crippen molar-refractivity contribution < 1.29 is 22.4 Å². The van der Waals surface area contributed by atoms with Crippen LogP contribution in [0.3, 0.4) is 0 Å². The van der Waals surface area contributed by atoms with Crippen molar-refractivity contribution in [3.8, 4) is 17.2 Å². The maximum atomic E-state index is 12.9. The van der Waals surface area contributed by atoms with Crippen LogP contribution in [-0.4, -0.2) is 38.2 Å². The Morgan fingerprint density at radius 3 is 2.47 bits per heavy atom. The van der Waals surface area contributed by atoms with Crippen molar-refractivity contribution in [3.63, 3.8) is 0 Å². The second-order valence-electron chi connectivity index (χ2n) is 10.9. The number of ether oxygens (including phenoxy) is 1. The lowest BCUT2D eigenvalue weighted by atomic mass is 9.48. The van der Waals surface area contributed by atoms with Crippen LogP contribution in [0.2, 0.25) is 0 Å². The van der Waals surface area contributed by atoms with E-state index in [1.807, 2.05) is 18.2 Å². The summed E-state index contributed by atoms with van der Waals surface area (Å²) in [5, 5.41) is 3.06. The summed E-state index contributed by atoms with van der Waals surface area (Å²) in [7, 11) is -2.12. The first-order valence-electron chi connectivity index (χ1n) is 12.3. The molecule has 1 aromatic carbocycles. The number of oxazole rings is 1. The third kappa shape index (κ3) is 4.61. The fraction of sp³-hybridized carbons (Fsp3) is 0.615. The van der Waals surface area contributed by atoms with E-state index in [4.69, 9.17) is 9.15 Å². The molecule has 0 radical (unpaired) electrons. The van der Waals surface area contributed by atoms with Crippen molar-refractivity contribution in [3.05, 3.63) is 35.7 Å². The molecule has 0 saturated heterocycles. The summed E-state index contributed by atoms with van der Waals surface area (Å²) in [6.07, 6.45) is 7.50. The summed E-state index contributed by atoms with van der Waals surface area (Å²) < 4.78 is 36.7. The predicted octanol–water partition coefficient (Wildman–Crippen LogP) is 4.29. The van der Waals surface area contributed by atoms with Gasteiger partial charge >= 0.3 is 0 Å². The number of rotatable bonds is 8. The van der Waals surface area contributed by atoms with Crippen LogP contribution in [-0.2, 0) is 20.4 Å². The van der Waals surface area contributed by atoms with Gasteiger partial charge in [0, 0.05) is 11.6 Å². The maximum absolute atomic E-state index is 12.9. The van der Waals surface area contributed by atoms with Gasteiger partial charge in [-0.25, -0.2) is 13.4 Å². The van der Waals surface area contributed by atoms with Crippen LogP contribution >= 0.6 is 0 Å². The largest absolute Gasteiger partial charge is 0.497 e. The number of nitrogens with one attached hydrogen (secondary N) is 1. The summed E-state index contributed by atoms with van der Waals surface area (Å²) in [5.74, 6) is 2.49. The fourth-order valence-corrected chi connectivity index (χ4v) is 8.31. The van der Waals surface area contributed by atoms with Crippen LogP contribution in [0.5, 0.6) is 5.75 Å². The van der Waals surface area contributed by atoms with Crippen molar-refractivity contribution >= 4 is 15.7 Å². The SMILES string of the molecule is COc1cccc(-c2nc(CS(=O)(=O)CC(=O)N[C@H](C)C34CC5CC(CC(C5)C3)C4)c(C)o2)c1. The molecule has 7 nitrogen and oxygen atoms in total. The lowest BCUT2D eigenvalue weighted by Gasteiger charge is -2.59. The third-order valence-electron chi connectivity index (χ3n) is 8.30.